The molecule has 0 amide bonds. The minimum Gasteiger partial charge on any atom is -0.456 e. The van der Waals surface area contributed by atoms with E-state index in [9.17, 15) is 4.79 Å². The van der Waals surface area contributed by atoms with Gasteiger partial charge >= 0.3 is 5.97 Å². The second kappa shape index (κ2) is 20.6. The van der Waals surface area contributed by atoms with Crippen LogP contribution >= 0.6 is 0 Å². The molecule has 1 fully saturated rings. The Kier molecular flexibility index (Phi) is 17.7. The van der Waals surface area contributed by atoms with Crippen LogP contribution in [0.25, 0.3) is 0 Å². The molecule has 1 saturated heterocycles. The van der Waals surface area contributed by atoms with E-state index in [1.807, 2.05) is 18.2 Å². The van der Waals surface area contributed by atoms with E-state index in [0.717, 1.165) is 25.0 Å². The molecule has 2 rings (SSSR count). The molecule has 206 valence electrons. The lowest BCUT2D eigenvalue weighted by Crippen LogP contribution is -2.36. The van der Waals surface area contributed by atoms with Crippen LogP contribution in [-0.4, -0.2) is 31.4 Å². The maximum Gasteiger partial charge on any atom is 0.306 e. The summed E-state index contributed by atoms with van der Waals surface area (Å²) in [7, 11) is 0. The number of carbonyl (C=O) groups is 1. The van der Waals surface area contributed by atoms with Gasteiger partial charge in [-0.3, -0.25) is 4.79 Å². The molecule has 1 aromatic carbocycles. The third-order valence-corrected chi connectivity index (χ3v) is 7.44. The fourth-order valence-electron chi connectivity index (χ4n) is 5.06. The van der Waals surface area contributed by atoms with E-state index in [-0.39, 0.29) is 5.97 Å². The highest BCUT2D eigenvalue weighted by Crippen LogP contribution is 2.31. The highest BCUT2D eigenvalue weighted by molar-refractivity contribution is 5.72. The lowest BCUT2D eigenvalue weighted by atomic mass is 9.97. The molecule has 36 heavy (non-hydrogen) atoms. The predicted molar refractivity (Wildman–Crippen MR) is 149 cm³/mol. The highest BCUT2D eigenvalue weighted by Gasteiger charge is 2.40. The maximum atomic E-state index is 11.8. The molecule has 0 aliphatic carbocycles. The van der Waals surface area contributed by atoms with Crippen molar-refractivity contribution in [3.63, 3.8) is 0 Å². The van der Waals surface area contributed by atoms with Crippen LogP contribution in [0.3, 0.4) is 0 Å². The Labute approximate surface area is 221 Å². The second-order valence-electron chi connectivity index (χ2n) is 10.8. The average molecular weight is 503 g/mol. The van der Waals surface area contributed by atoms with Crippen molar-refractivity contribution in [1.82, 2.24) is 0 Å². The lowest BCUT2D eigenvalue weighted by molar-refractivity contribution is -0.156. The first-order valence-electron chi connectivity index (χ1n) is 15.2. The van der Waals surface area contributed by atoms with Crippen molar-refractivity contribution in [1.29, 1.82) is 0 Å². The van der Waals surface area contributed by atoms with Crippen molar-refractivity contribution in [3.8, 4) is 0 Å². The van der Waals surface area contributed by atoms with Crippen molar-refractivity contribution in [2.24, 2.45) is 0 Å². The Morgan fingerprint density at radius 1 is 0.722 bits per heavy atom. The van der Waals surface area contributed by atoms with E-state index in [2.05, 4.69) is 19.1 Å². The predicted octanol–water partition coefficient (Wildman–Crippen LogP) is 8.95. The Balaban J connectivity index is 1.37. The number of rotatable bonds is 24. The number of unbranched alkanes of at least 4 members (excludes halogenated alkanes) is 15. The van der Waals surface area contributed by atoms with Crippen molar-refractivity contribution < 1.29 is 19.0 Å². The van der Waals surface area contributed by atoms with Crippen molar-refractivity contribution in [2.75, 3.05) is 19.8 Å². The molecule has 1 aliphatic rings. The van der Waals surface area contributed by atoms with Crippen LogP contribution in [-0.2, 0) is 25.6 Å². The van der Waals surface area contributed by atoms with E-state index in [1.54, 1.807) is 0 Å². The molecule has 0 bridgehead atoms. The van der Waals surface area contributed by atoms with Gasteiger partial charge in [0.25, 0.3) is 0 Å². The number of hydrogen-bond donors (Lipinski definition) is 0. The summed E-state index contributed by atoms with van der Waals surface area (Å²) in [6.07, 6.45) is 24.0. The monoisotopic (exact) mass is 502 g/mol. The van der Waals surface area contributed by atoms with Crippen LogP contribution in [0.15, 0.2) is 30.3 Å². The first kappa shape index (κ1) is 30.8. The minimum atomic E-state index is -0.513. The topological polar surface area (TPSA) is 44.8 Å². The standard InChI is InChI=1S/C32H54O4/c1-2-3-4-5-6-7-8-9-10-11-12-13-14-15-16-20-26-34-27-25-32(24-23-31(33)36-32)29-35-28-30-21-18-17-19-22-30/h17-19,21-22H,2-16,20,23-29H2,1H3. The Morgan fingerprint density at radius 2 is 1.28 bits per heavy atom. The first-order valence-corrected chi connectivity index (χ1v) is 15.2. The van der Waals surface area contributed by atoms with Crippen LogP contribution in [0.1, 0.15) is 134 Å². The number of ether oxygens (including phenoxy) is 3. The summed E-state index contributed by atoms with van der Waals surface area (Å²) in [4.78, 5) is 11.8. The highest BCUT2D eigenvalue weighted by atomic mass is 16.6. The fourth-order valence-corrected chi connectivity index (χ4v) is 5.06. The molecule has 0 N–H and O–H groups in total. The van der Waals surface area contributed by atoms with Crippen LogP contribution in [0.2, 0.25) is 0 Å². The van der Waals surface area contributed by atoms with E-state index >= 15 is 0 Å². The van der Waals surface area contributed by atoms with Crippen LogP contribution in [0.5, 0.6) is 0 Å². The van der Waals surface area contributed by atoms with Crippen LogP contribution < -0.4 is 0 Å². The normalized spacial score (nSPS) is 17.5. The third kappa shape index (κ3) is 15.0. The molecule has 4 heteroatoms. The molecule has 0 spiro atoms. The molecular weight excluding hydrogens is 448 g/mol. The SMILES string of the molecule is CCCCCCCCCCCCCCCCCCOCCC1(COCc2ccccc2)CCC(=O)O1. The summed E-state index contributed by atoms with van der Waals surface area (Å²) < 4.78 is 17.5. The Hall–Kier alpha value is -1.39. The van der Waals surface area contributed by atoms with Crippen molar-refractivity contribution in [2.45, 2.75) is 141 Å². The van der Waals surface area contributed by atoms with Gasteiger partial charge in [-0.15, -0.1) is 0 Å². The maximum absolute atomic E-state index is 11.8. The molecule has 1 heterocycles. The van der Waals surface area contributed by atoms with Crippen molar-refractivity contribution in [3.05, 3.63) is 35.9 Å². The summed E-state index contributed by atoms with van der Waals surface area (Å²) in [6, 6.07) is 10.1. The van der Waals surface area contributed by atoms with Gasteiger partial charge in [-0.1, -0.05) is 134 Å². The first-order chi connectivity index (χ1) is 17.7. The van der Waals surface area contributed by atoms with Gasteiger partial charge in [0, 0.05) is 25.9 Å². The number of benzene rings is 1. The van der Waals surface area contributed by atoms with E-state index in [1.165, 1.54) is 96.3 Å². The van der Waals surface area contributed by atoms with Gasteiger partial charge in [-0.25, -0.2) is 0 Å². The van der Waals surface area contributed by atoms with Crippen LogP contribution in [0, 0.1) is 0 Å². The average Bonchev–Trinajstić information content (AvgIpc) is 3.26. The molecule has 1 aromatic rings. The summed E-state index contributed by atoms with van der Waals surface area (Å²) in [5.74, 6) is -0.115. The number of esters is 1. The Bertz CT molecular complexity index is 647. The molecular formula is C32H54O4. The summed E-state index contributed by atoms with van der Waals surface area (Å²) in [5.41, 5.74) is 0.622. The fraction of sp³-hybridized carbons (Fsp3) is 0.781. The molecule has 1 atom stereocenters. The molecule has 1 unspecified atom stereocenters. The van der Waals surface area contributed by atoms with Crippen LogP contribution in [0.4, 0.5) is 0 Å². The quantitative estimate of drug-likeness (QED) is 0.104. The van der Waals surface area contributed by atoms with Gasteiger partial charge in [0.2, 0.25) is 0 Å². The molecule has 0 radical (unpaired) electrons. The smallest absolute Gasteiger partial charge is 0.306 e. The van der Waals surface area contributed by atoms with E-state index in [0.29, 0.717) is 32.7 Å². The van der Waals surface area contributed by atoms with Gasteiger partial charge in [0.1, 0.15) is 5.60 Å². The zero-order valence-corrected chi connectivity index (χ0v) is 23.3. The molecule has 0 aromatic heterocycles. The molecule has 4 nitrogen and oxygen atoms in total. The zero-order chi connectivity index (χ0) is 25.6. The summed E-state index contributed by atoms with van der Waals surface area (Å²) >= 11 is 0. The van der Waals surface area contributed by atoms with Gasteiger partial charge < -0.3 is 14.2 Å². The summed E-state index contributed by atoms with van der Waals surface area (Å²) in [5, 5.41) is 0. The van der Waals surface area contributed by atoms with E-state index < -0.39 is 5.60 Å². The summed E-state index contributed by atoms with van der Waals surface area (Å²) in [6.45, 7) is 4.69. The van der Waals surface area contributed by atoms with Gasteiger partial charge in [-0.2, -0.15) is 0 Å². The van der Waals surface area contributed by atoms with E-state index in [4.69, 9.17) is 14.2 Å². The third-order valence-electron chi connectivity index (χ3n) is 7.44. The molecule has 0 saturated carbocycles. The minimum absolute atomic E-state index is 0.115. The largest absolute Gasteiger partial charge is 0.456 e. The molecule has 1 aliphatic heterocycles. The zero-order valence-electron chi connectivity index (χ0n) is 23.3. The van der Waals surface area contributed by atoms with Crippen molar-refractivity contribution >= 4 is 5.97 Å². The van der Waals surface area contributed by atoms with Gasteiger partial charge in [0.05, 0.1) is 19.8 Å². The number of carbonyl (C=O) groups excluding carboxylic acids is 1. The Morgan fingerprint density at radius 3 is 1.81 bits per heavy atom. The van der Waals surface area contributed by atoms with Gasteiger partial charge in [0.15, 0.2) is 0 Å². The lowest BCUT2D eigenvalue weighted by Gasteiger charge is -2.27. The number of cyclic esters (lactones) is 1. The number of hydrogen-bond acceptors (Lipinski definition) is 4. The van der Waals surface area contributed by atoms with Gasteiger partial charge in [-0.05, 0) is 12.0 Å². The second-order valence-corrected chi connectivity index (χ2v) is 10.8.